The van der Waals surface area contributed by atoms with Gasteiger partial charge in [-0.05, 0) is 18.2 Å². The summed E-state index contributed by atoms with van der Waals surface area (Å²) in [6.07, 6.45) is -5.02. The van der Waals surface area contributed by atoms with Crippen LogP contribution in [-0.4, -0.2) is 39.9 Å². The maximum Gasteiger partial charge on any atom is 0.433 e. The van der Waals surface area contributed by atoms with Crippen LogP contribution in [-0.2, 0) is 6.18 Å². The lowest BCUT2D eigenvalue weighted by Gasteiger charge is -2.38. The SMILES string of the molecule is O=C(c1ccc([N+](=O)[O-])cc1)N1CC(Oc2cccc(C(F)(F)F)n2)C1. The van der Waals surface area contributed by atoms with Crippen molar-refractivity contribution in [3.8, 4) is 5.88 Å². The van der Waals surface area contributed by atoms with Crippen LogP contribution in [0.25, 0.3) is 0 Å². The second-order valence-electron chi connectivity index (χ2n) is 5.61. The second kappa shape index (κ2) is 6.62. The second-order valence-corrected chi connectivity index (χ2v) is 5.61. The van der Waals surface area contributed by atoms with E-state index in [2.05, 4.69) is 4.98 Å². The van der Waals surface area contributed by atoms with Crippen molar-refractivity contribution in [2.24, 2.45) is 0 Å². The van der Waals surface area contributed by atoms with E-state index in [1.165, 1.54) is 41.3 Å². The number of nitro groups is 1. The zero-order valence-electron chi connectivity index (χ0n) is 13.1. The maximum absolute atomic E-state index is 12.6. The van der Waals surface area contributed by atoms with Crippen molar-refractivity contribution < 1.29 is 27.6 Å². The molecule has 10 heteroatoms. The summed E-state index contributed by atoms with van der Waals surface area (Å²) in [6, 6.07) is 8.52. The summed E-state index contributed by atoms with van der Waals surface area (Å²) in [7, 11) is 0. The van der Waals surface area contributed by atoms with Gasteiger partial charge in [0.1, 0.15) is 11.8 Å². The molecule has 1 aromatic carbocycles. The van der Waals surface area contributed by atoms with Crippen LogP contribution in [0.1, 0.15) is 16.1 Å². The molecule has 0 spiro atoms. The molecule has 0 saturated carbocycles. The molecular weight excluding hydrogens is 355 g/mol. The van der Waals surface area contributed by atoms with E-state index in [9.17, 15) is 28.1 Å². The first-order chi connectivity index (χ1) is 12.2. The third-order valence-electron chi connectivity index (χ3n) is 3.76. The molecule has 26 heavy (non-hydrogen) atoms. The highest BCUT2D eigenvalue weighted by atomic mass is 19.4. The van der Waals surface area contributed by atoms with E-state index < -0.39 is 22.9 Å². The molecule has 1 aliphatic rings. The number of alkyl halides is 3. The van der Waals surface area contributed by atoms with E-state index in [1.807, 2.05) is 0 Å². The predicted octanol–water partition coefficient (Wildman–Crippen LogP) is 2.91. The number of carbonyl (C=O) groups is 1. The number of pyridine rings is 1. The minimum Gasteiger partial charge on any atom is -0.471 e. The number of carbonyl (C=O) groups excluding carboxylic acids is 1. The van der Waals surface area contributed by atoms with E-state index in [0.29, 0.717) is 0 Å². The van der Waals surface area contributed by atoms with Gasteiger partial charge in [0.15, 0.2) is 0 Å². The summed E-state index contributed by atoms with van der Waals surface area (Å²) in [4.78, 5) is 27.1. The van der Waals surface area contributed by atoms with Crippen molar-refractivity contribution in [1.82, 2.24) is 9.88 Å². The van der Waals surface area contributed by atoms with Crippen molar-refractivity contribution in [3.63, 3.8) is 0 Å². The number of aromatic nitrogens is 1. The van der Waals surface area contributed by atoms with Crippen molar-refractivity contribution in [1.29, 1.82) is 0 Å². The molecule has 1 amide bonds. The molecule has 0 aliphatic carbocycles. The number of hydrogen-bond acceptors (Lipinski definition) is 5. The molecule has 0 radical (unpaired) electrons. The number of nitro benzene ring substituents is 1. The number of hydrogen-bond donors (Lipinski definition) is 0. The number of ether oxygens (including phenoxy) is 1. The van der Waals surface area contributed by atoms with Crippen LogP contribution in [0.3, 0.4) is 0 Å². The third kappa shape index (κ3) is 3.73. The van der Waals surface area contributed by atoms with Crippen molar-refractivity contribution in [3.05, 3.63) is 63.8 Å². The molecular formula is C16H12F3N3O4. The number of amides is 1. The predicted molar refractivity (Wildman–Crippen MR) is 82.7 cm³/mol. The molecule has 1 fully saturated rings. The minimum absolute atomic E-state index is 0.123. The first kappa shape index (κ1) is 17.6. The van der Waals surface area contributed by atoms with Gasteiger partial charge in [-0.25, -0.2) is 4.98 Å². The number of likely N-dealkylation sites (tertiary alicyclic amines) is 1. The maximum atomic E-state index is 12.6. The molecule has 2 heterocycles. The quantitative estimate of drug-likeness (QED) is 0.613. The van der Waals surface area contributed by atoms with Crippen LogP contribution in [0, 0.1) is 10.1 Å². The Balaban J connectivity index is 1.57. The Labute approximate surface area is 145 Å². The van der Waals surface area contributed by atoms with E-state index in [1.54, 1.807) is 0 Å². The van der Waals surface area contributed by atoms with Crippen LogP contribution in [0.2, 0.25) is 0 Å². The first-order valence-electron chi connectivity index (χ1n) is 7.48. The smallest absolute Gasteiger partial charge is 0.433 e. The lowest BCUT2D eigenvalue weighted by molar-refractivity contribution is -0.384. The van der Waals surface area contributed by atoms with Crippen molar-refractivity contribution in [2.45, 2.75) is 12.3 Å². The molecule has 7 nitrogen and oxygen atoms in total. The zero-order chi connectivity index (χ0) is 18.9. The lowest BCUT2D eigenvalue weighted by Crippen LogP contribution is -2.56. The average molecular weight is 367 g/mol. The summed E-state index contributed by atoms with van der Waals surface area (Å²) < 4.78 is 43.2. The van der Waals surface area contributed by atoms with E-state index >= 15 is 0 Å². The number of rotatable bonds is 4. The molecule has 3 rings (SSSR count). The number of benzene rings is 1. The monoisotopic (exact) mass is 367 g/mol. The summed E-state index contributed by atoms with van der Waals surface area (Å²) in [5.41, 5.74) is -0.888. The summed E-state index contributed by atoms with van der Waals surface area (Å²) in [6.45, 7) is 0.376. The third-order valence-corrected chi connectivity index (χ3v) is 3.76. The van der Waals surface area contributed by atoms with Gasteiger partial charge in [-0.15, -0.1) is 0 Å². The molecule has 0 N–H and O–H groups in total. The van der Waals surface area contributed by atoms with Crippen LogP contribution in [0.4, 0.5) is 18.9 Å². The Morgan fingerprint density at radius 1 is 1.19 bits per heavy atom. The van der Waals surface area contributed by atoms with Gasteiger partial charge in [0, 0.05) is 23.8 Å². The number of non-ortho nitro benzene ring substituents is 1. The summed E-state index contributed by atoms with van der Waals surface area (Å²) in [5, 5.41) is 10.6. The fourth-order valence-corrected chi connectivity index (χ4v) is 2.40. The van der Waals surface area contributed by atoms with Crippen LogP contribution < -0.4 is 4.74 Å². The first-order valence-corrected chi connectivity index (χ1v) is 7.48. The molecule has 2 aromatic rings. The largest absolute Gasteiger partial charge is 0.471 e. The molecule has 0 bridgehead atoms. The molecule has 1 saturated heterocycles. The molecule has 136 valence electrons. The van der Waals surface area contributed by atoms with Gasteiger partial charge >= 0.3 is 6.18 Å². The van der Waals surface area contributed by atoms with Gasteiger partial charge < -0.3 is 9.64 Å². The Morgan fingerprint density at radius 2 is 1.85 bits per heavy atom. The van der Waals surface area contributed by atoms with E-state index in [4.69, 9.17) is 4.74 Å². The van der Waals surface area contributed by atoms with Gasteiger partial charge in [0.25, 0.3) is 11.6 Å². The highest BCUT2D eigenvalue weighted by molar-refractivity contribution is 5.95. The topological polar surface area (TPSA) is 85.6 Å². The van der Waals surface area contributed by atoms with Crippen LogP contribution in [0.5, 0.6) is 5.88 Å². The highest BCUT2D eigenvalue weighted by Gasteiger charge is 2.35. The molecule has 1 aliphatic heterocycles. The number of halogens is 3. The van der Waals surface area contributed by atoms with Crippen LogP contribution in [0.15, 0.2) is 42.5 Å². The van der Waals surface area contributed by atoms with Gasteiger partial charge in [0.05, 0.1) is 18.0 Å². The van der Waals surface area contributed by atoms with Gasteiger partial charge in [0.2, 0.25) is 5.88 Å². The normalized spacial score (nSPS) is 14.7. The highest BCUT2D eigenvalue weighted by Crippen LogP contribution is 2.29. The van der Waals surface area contributed by atoms with E-state index in [0.717, 1.165) is 6.07 Å². The Morgan fingerprint density at radius 3 is 2.42 bits per heavy atom. The van der Waals surface area contributed by atoms with Crippen molar-refractivity contribution >= 4 is 11.6 Å². The van der Waals surface area contributed by atoms with Crippen molar-refractivity contribution in [2.75, 3.05) is 13.1 Å². The summed E-state index contributed by atoms with van der Waals surface area (Å²) in [5.74, 6) is -0.496. The van der Waals surface area contributed by atoms with Gasteiger partial charge in [-0.2, -0.15) is 13.2 Å². The standard InChI is InChI=1S/C16H12F3N3O4/c17-16(18,19)13-2-1-3-14(20-13)26-12-8-21(9-12)15(23)10-4-6-11(7-5-10)22(24)25/h1-7,12H,8-9H2. The zero-order valence-corrected chi connectivity index (χ0v) is 13.1. The lowest BCUT2D eigenvalue weighted by atomic mass is 10.1. The fourth-order valence-electron chi connectivity index (χ4n) is 2.40. The average Bonchev–Trinajstić information content (AvgIpc) is 2.57. The van der Waals surface area contributed by atoms with Crippen LogP contribution >= 0.6 is 0 Å². The van der Waals surface area contributed by atoms with E-state index in [-0.39, 0.29) is 36.1 Å². The Kier molecular flexibility index (Phi) is 4.49. The molecule has 0 unspecified atom stereocenters. The number of nitrogens with zero attached hydrogens (tertiary/aromatic N) is 3. The fraction of sp³-hybridized carbons (Fsp3) is 0.250. The Hall–Kier alpha value is -3.17. The molecule has 1 aromatic heterocycles. The van der Waals surface area contributed by atoms with Gasteiger partial charge in [-0.1, -0.05) is 6.07 Å². The Bertz CT molecular complexity index is 833. The summed E-state index contributed by atoms with van der Waals surface area (Å²) >= 11 is 0. The van der Waals surface area contributed by atoms with Gasteiger partial charge in [-0.3, -0.25) is 14.9 Å². The molecule has 0 atom stereocenters. The minimum atomic E-state index is -4.56.